The van der Waals surface area contributed by atoms with Crippen molar-refractivity contribution in [3.05, 3.63) is 42.5 Å². The van der Waals surface area contributed by atoms with Crippen LogP contribution in [0, 0.1) is 0 Å². The number of hydrogen-bond donors (Lipinski definition) is 0. The minimum Gasteiger partial charge on any atom is -0.450 e. The fourth-order valence-corrected chi connectivity index (χ4v) is 1.56. The zero-order chi connectivity index (χ0) is 9.10. The van der Waals surface area contributed by atoms with Crippen LogP contribution in [0.4, 0.5) is 0 Å². The second-order valence-electron chi connectivity index (χ2n) is 2.69. The van der Waals surface area contributed by atoms with Crippen molar-refractivity contribution >= 4 is 11.8 Å². The van der Waals surface area contributed by atoms with Gasteiger partial charge in [-0.3, -0.25) is 0 Å². The van der Waals surface area contributed by atoms with Crippen LogP contribution in [0.1, 0.15) is 0 Å². The molecule has 0 atom stereocenters. The first kappa shape index (κ1) is 8.45. The van der Waals surface area contributed by atoms with Crippen LogP contribution in [-0.4, -0.2) is 6.26 Å². The van der Waals surface area contributed by atoms with Crippen molar-refractivity contribution in [2.75, 3.05) is 6.26 Å². The van der Waals surface area contributed by atoms with E-state index in [0.717, 1.165) is 16.4 Å². The molecule has 2 heteroatoms. The molecule has 0 aliphatic rings. The zero-order valence-electron chi connectivity index (χ0n) is 7.36. The lowest BCUT2D eigenvalue weighted by molar-refractivity contribution is 0.488. The average molecular weight is 190 g/mol. The first-order valence-electron chi connectivity index (χ1n) is 4.09. The maximum Gasteiger partial charge on any atom is 0.160 e. The Morgan fingerprint density at radius 3 is 2.38 bits per heavy atom. The van der Waals surface area contributed by atoms with Crippen molar-refractivity contribution in [3.8, 4) is 11.3 Å². The summed E-state index contributed by atoms with van der Waals surface area (Å²) in [6.45, 7) is 0. The van der Waals surface area contributed by atoms with E-state index in [1.165, 1.54) is 0 Å². The molecule has 0 amide bonds. The Hall–Kier alpha value is -1.15. The largest absolute Gasteiger partial charge is 0.450 e. The van der Waals surface area contributed by atoms with Crippen molar-refractivity contribution in [3.63, 3.8) is 0 Å². The summed E-state index contributed by atoms with van der Waals surface area (Å²) in [6, 6.07) is 14.1. The van der Waals surface area contributed by atoms with Crippen molar-refractivity contribution < 1.29 is 4.42 Å². The van der Waals surface area contributed by atoms with Crippen molar-refractivity contribution in [2.45, 2.75) is 5.09 Å². The highest BCUT2D eigenvalue weighted by Crippen LogP contribution is 2.25. The predicted octanol–water partition coefficient (Wildman–Crippen LogP) is 3.67. The third-order valence-corrected chi connectivity index (χ3v) is 2.46. The van der Waals surface area contributed by atoms with Gasteiger partial charge in [-0.05, 0) is 18.4 Å². The Labute approximate surface area is 81.8 Å². The lowest BCUT2D eigenvalue weighted by Crippen LogP contribution is -1.69. The molecule has 1 aromatic carbocycles. The van der Waals surface area contributed by atoms with E-state index in [1.54, 1.807) is 11.8 Å². The van der Waals surface area contributed by atoms with Gasteiger partial charge in [0.25, 0.3) is 0 Å². The quantitative estimate of drug-likeness (QED) is 0.670. The molecule has 0 aliphatic carbocycles. The van der Waals surface area contributed by atoms with Crippen molar-refractivity contribution in [1.82, 2.24) is 0 Å². The fourth-order valence-electron chi connectivity index (χ4n) is 1.19. The predicted molar refractivity (Wildman–Crippen MR) is 55.9 cm³/mol. The lowest BCUT2D eigenvalue weighted by Gasteiger charge is -1.94. The number of benzene rings is 1. The van der Waals surface area contributed by atoms with Gasteiger partial charge in [-0.15, -0.1) is 0 Å². The molecule has 1 aromatic heterocycles. The molecular weight excluding hydrogens is 180 g/mol. The van der Waals surface area contributed by atoms with Gasteiger partial charge in [-0.2, -0.15) is 0 Å². The molecule has 66 valence electrons. The molecule has 0 N–H and O–H groups in total. The molecule has 0 saturated heterocycles. The second kappa shape index (κ2) is 3.71. The third-order valence-electron chi connectivity index (χ3n) is 1.84. The molecule has 1 nitrogen and oxygen atoms in total. The molecule has 0 aliphatic heterocycles. The second-order valence-corrected chi connectivity index (χ2v) is 3.50. The van der Waals surface area contributed by atoms with Crippen LogP contribution in [0.15, 0.2) is 52.0 Å². The topological polar surface area (TPSA) is 13.1 Å². The molecule has 0 fully saturated rings. The Balaban J connectivity index is 2.36. The van der Waals surface area contributed by atoms with Gasteiger partial charge in [0.2, 0.25) is 0 Å². The zero-order valence-corrected chi connectivity index (χ0v) is 8.17. The fraction of sp³-hybridized carbons (Fsp3) is 0.0909. The van der Waals surface area contributed by atoms with Crippen LogP contribution in [-0.2, 0) is 0 Å². The van der Waals surface area contributed by atoms with E-state index in [1.807, 2.05) is 48.7 Å². The normalized spacial score (nSPS) is 10.2. The summed E-state index contributed by atoms with van der Waals surface area (Å²) >= 11 is 1.62. The summed E-state index contributed by atoms with van der Waals surface area (Å²) < 4.78 is 5.58. The van der Waals surface area contributed by atoms with Crippen LogP contribution in [0.2, 0.25) is 0 Å². The molecule has 13 heavy (non-hydrogen) atoms. The van der Waals surface area contributed by atoms with E-state index in [4.69, 9.17) is 4.42 Å². The summed E-state index contributed by atoms with van der Waals surface area (Å²) in [5.41, 5.74) is 1.13. The summed E-state index contributed by atoms with van der Waals surface area (Å²) in [4.78, 5) is 0. The van der Waals surface area contributed by atoms with Gasteiger partial charge >= 0.3 is 0 Å². The van der Waals surface area contributed by atoms with E-state index in [9.17, 15) is 0 Å². The number of furan rings is 1. The van der Waals surface area contributed by atoms with Crippen LogP contribution in [0.25, 0.3) is 11.3 Å². The summed E-state index contributed by atoms with van der Waals surface area (Å²) in [6.07, 6.45) is 2.01. The van der Waals surface area contributed by atoms with E-state index in [2.05, 4.69) is 0 Å². The number of rotatable bonds is 2. The van der Waals surface area contributed by atoms with E-state index >= 15 is 0 Å². The van der Waals surface area contributed by atoms with Crippen LogP contribution < -0.4 is 0 Å². The standard InChI is InChI=1S/C11H10OS/c1-13-11-8-7-10(12-11)9-5-3-2-4-6-9/h2-8H,1H3. The Kier molecular flexibility index (Phi) is 2.41. The smallest absolute Gasteiger partial charge is 0.160 e. The Bertz CT molecular complexity index is 378. The molecule has 0 unspecified atom stereocenters. The molecule has 2 aromatic rings. The van der Waals surface area contributed by atoms with Crippen molar-refractivity contribution in [2.24, 2.45) is 0 Å². The van der Waals surface area contributed by atoms with E-state index in [0.29, 0.717) is 0 Å². The molecule has 0 saturated carbocycles. The van der Waals surface area contributed by atoms with Gasteiger partial charge in [-0.25, -0.2) is 0 Å². The van der Waals surface area contributed by atoms with E-state index < -0.39 is 0 Å². The average Bonchev–Trinajstić information content (AvgIpc) is 2.67. The molecule has 0 spiro atoms. The summed E-state index contributed by atoms with van der Waals surface area (Å²) in [5.74, 6) is 0.935. The first-order valence-corrected chi connectivity index (χ1v) is 5.32. The van der Waals surface area contributed by atoms with Gasteiger partial charge in [0.05, 0.1) is 0 Å². The lowest BCUT2D eigenvalue weighted by atomic mass is 10.2. The highest BCUT2D eigenvalue weighted by Gasteiger charge is 2.01. The third kappa shape index (κ3) is 1.78. The van der Waals surface area contributed by atoms with Gasteiger partial charge in [0, 0.05) is 5.56 Å². The maximum atomic E-state index is 5.58. The molecule has 0 radical (unpaired) electrons. The van der Waals surface area contributed by atoms with Crippen LogP contribution in [0.3, 0.4) is 0 Å². The first-order chi connectivity index (χ1) is 6.40. The Morgan fingerprint density at radius 2 is 1.77 bits per heavy atom. The molecular formula is C11H10OS. The minimum absolute atomic E-state index is 0.935. The molecule has 1 heterocycles. The van der Waals surface area contributed by atoms with Gasteiger partial charge < -0.3 is 4.42 Å². The summed E-state index contributed by atoms with van der Waals surface area (Å²) in [5, 5.41) is 0.957. The van der Waals surface area contributed by atoms with Gasteiger partial charge in [0.1, 0.15) is 5.76 Å². The van der Waals surface area contributed by atoms with Gasteiger partial charge in [-0.1, -0.05) is 42.1 Å². The highest BCUT2D eigenvalue weighted by molar-refractivity contribution is 7.98. The number of hydrogen-bond acceptors (Lipinski definition) is 2. The SMILES string of the molecule is CSc1ccc(-c2ccccc2)o1. The van der Waals surface area contributed by atoms with Crippen LogP contribution >= 0.6 is 11.8 Å². The highest BCUT2D eigenvalue weighted by atomic mass is 32.2. The van der Waals surface area contributed by atoms with E-state index in [-0.39, 0.29) is 0 Å². The molecule has 0 bridgehead atoms. The monoisotopic (exact) mass is 190 g/mol. The van der Waals surface area contributed by atoms with Crippen molar-refractivity contribution in [1.29, 1.82) is 0 Å². The maximum absolute atomic E-state index is 5.58. The number of thioether (sulfide) groups is 1. The summed E-state index contributed by atoms with van der Waals surface area (Å²) in [7, 11) is 0. The van der Waals surface area contributed by atoms with Gasteiger partial charge in [0.15, 0.2) is 5.09 Å². The Morgan fingerprint density at radius 1 is 1.00 bits per heavy atom. The molecule has 2 rings (SSSR count). The van der Waals surface area contributed by atoms with Crippen LogP contribution in [0.5, 0.6) is 0 Å². The minimum atomic E-state index is 0.935.